The fourth-order valence-corrected chi connectivity index (χ4v) is 2.12. The molecule has 2 aromatic carbocycles. The fourth-order valence-electron chi connectivity index (χ4n) is 1.58. The number of phenols is 1. The Hall–Kier alpha value is -2.09. The Kier molecular flexibility index (Phi) is 5.15. The number of ether oxygens (including phenoxy) is 1. The van der Waals surface area contributed by atoms with Gasteiger partial charge in [0.05, 0.1) is 16.9 Å². The maximum Gasteiger partial charge on any atom is 0.271 e. The summed E-state index contributed by atoms with van der Waals surface area (Å²) in [6, 6.07) is 11.8. The highest BCUT2D eigenvalue weighted by Crippen LogP contribution is 2.19. The van der Waals surface area contributed by atoms with Crippen LogP contribution in [0.25, 0.3) is 0 Å². The van der Waals surface area contributed by atoms with E-state index < -0.39 is 0 Å². The lowest BCUT2D eigenvalue weighted by Crippen LogP contribution is -2.17. The van der Waals surface area contributed by atoms with Crippen LogP contribution >= 0.6 is 22.6 Å². The lowest BCUT2D eigenvalue weighted by Gasteiger charge is -2.02. The van der Waals surface area contributed by atoms with Crippen molar-refractivity contribution >= 4 is 34.7 Å². The average molecular weight is 396 g/mol. The summed E-state index contributed by atoms with van der Waals surface area (Å²) < 4.78 is 5.75. The molecule has 6 heteroatoms. The molecule has 1 amide bonds. The number of carbonyl (C=O) groups is 1. The van der Waals surface area contributed by atoms with Crippen LogP contribution in [0.2, 0.25) is 0 Å². The van der Waals surface area contributed by atoms with Crippen LogP contribution in [0.4, 0.5) is 0 Å². The number of nitrogens with zero attached hydrogens (tertiary/aromatic N) is 1. The van der Waals surface area contributed by atoms with Crippen LogP contribution in [0.5, 0.6) is 11.5 Å². The molecule has 2 rings (SSSR count). The largest absolute Gasteiger partial charge is 0.507 e. The maximum atomic E-state index is 11.8. The Labute approximate surface area is 135 Å². The smallest absolute Gasteiger partial charge is 0.271 e. The molecule has 0 aliphatic heterocycles. The van der Waals surface area contributed by atoms with Crippen LogP contribution < -0.4 is 10.2 Å². The number of halogens is 1. The lowest BCUT2D eigenvalue weighted by atomic mass is 10.2. The van der Waals surface area contributed by atoms with Crippen LogP contribution in [-0.4, -0.2) is 24.3 Å². The first-order valence-electron chi connectivity index (χ1n) is 6.06. The third-order valence-corrected chi connectivity index (χ3v) is 3.57. The van der Waals surface area contributed by atoms with Crippen molar-refractivity contribution in [2.75, 3.05) is 7.11 Å². The van der Waals surface area contributed by atoms with Crippen LogP contribution in [-0.2, 0) is 0 Å². The number of hydrazone groups is 1. The number of benzene rings is 2. The van der Waals surface area contributed by atoms with Crippen LogP contribution in [0.3, 0.4) is 0 Å². The predicted octanol–water partition coefficient (Wildman–Crippen LogP) is 2.77. The Bertz CT molecular complexity index is 669. The van der Waals surface area contributed by atoms with Gasteiger partial charge in [-0.15, -0.1) is 0 Å². The van der Waals surface area contributed by atoms with Crippen molar-refractivity contribution in [3.05, 3.63) is 57.2 Å². The van der Waals surface area contributed by atoms with Crippen molar-refractivity contribution in [2.24, 2.45) is 5.10 Å². The van der Waals surface area contributed by atoms with Gasteiger partial charge in [0.25, 0.3) is 5.91 Å². The van der Waals surface area contributed by atoms with E-state index in [2.05, 4.69) is 10.5 Å². The highest BCUT2D eigenvalue weighted by molar-refractivity contribution is 14.1. The first kappa shape index (κ1) is 15.3. The molecule has 108 valence electrons. The Morgan fingerprint density at radius 3 is 2.62 bits per heavy atom. The van der Waals surface area contributed by atoms with Gasteiger partial charge in [-0.25, -0.2) is 5.43 Å². The zero-order chi connectivity index (χ0) is 15.2. The van der Waals surface area contributed by atoms with Gasteiger partial charge in [0, 0.05) is 5.56 Å². The number of phenolic OH excluding ortho intramolecular Hbond substituents is 1. The summed E-state index contributed by atoms with van der Waals surface area (Å²) in [6.07, 6.45) is 1.52. The molecular weight excluding hydrogens is 383 g/mol. The summed E-state index contributed by atoms with van der Waals surface area (Å²) in [5, 5.41) is 13.3. The third-order valence-electron chi connectivity index (χ3n) is 2.70. The molecular formula is C15H13IN2O3. The topological polar surface area (TPSA) is 70.9 Å². The van der Waals surface area contributed by atoms with Gasteiger partial charge >= 0.3 is 0 Å². The zero-order valence-corrected chi connectivity index (χ0v) is 13.4. The number of aromatic hydroxyl groups is 1. The predicted molar refractivity (Wildman–Crippen MR) is 88.9 cm³/mol. The molecule has 0 heterocycles. The van der Waals surface area contributed by atoms with Gasteiger partial charge < -0.3 is 9.84 Å². The molecule has 0 fully saturated rings. The maximum absolute atomic E-state index is 11.8. The highest BCUT2D eigenvalue weighted by atomic mass is 127. The van der Waals surface area contributed by atoms with Gasteiger partial charge in [0.15, 0.2) is 0 Å². The number of rotatable bonds is 4. The summed E-state index contributed by atoms with van der Waals surface area (Å²) in [6.45, 7) is 0. The number of hydrogen-bond acceptors (Lipinski definition) is 4. The van der Waals surface area contributed by atoms with Crippen LogP contribution in [0.1, 0.15) is 15.9 Å². The summed E-state index contributed by atoms with van der Waals surface area (Å²) in [5.74, 6) is 0.603. The first-order chi connectivity index (χ1) is 10.1. The molecule has 0 saturated carbocycles. The van der Waals surface area contributed by atoms with Crippen LogP contribution in [0.15, 0.2) is 47.6 Å². The minimum atomic E-state index is -0.303. The van der Waals surface area contributed by atoms with E-state index in [0.29, 0.717) is 11.3 Å². The zero-order valence-electron chi connectivity index (χ0n) is 11.2. The highest BCUT2D eigenvalue weighted by Gasteiger charge is 2.04. The Morgan fingerprint density at radius 2 is 2.00 bits per heavy atom. The first-order valence-corrected chi connectivity index (χ1v) is 7.14. The number of carbonyl (C=O) groups excluding carboxylic acids is 1. The van der Waals surface area contributed by atoms with Crippen molar-refractivity contribution < 1.29 is 14.6 Å². The summed E-state index contributed by atoms with van der Waals surface area (Å²) >= 11 is 2.02. The van der Waals surface area contributed by atoms with E-state index in [4.69, 9.17) is 4.74 Å². The third kappa shape index (κ3) is 4.19. The van der Waals surface area contributed by atoms with Gasteiger partial charge in [0.2, 0.25) is 0 Å². The Morgan fingerprint density at radius 1 is 1.29 bits per heavy atom. The number of hydrogen-bond donors (Lipinski definition) is 2. The van der Waals surface area contributed by atoms with E-state index >= 15 is 0 Å². The van der Waals surface area contributed by atoms with E-state index in [9.17, 15) is 9.90 Å². The van der Waals surface area contributed by atoms with E-state index in [1.54, 1.807) is 49.6 Å². The molecule has 0 aliphatic rings. The number of methoxy groups -OCH3 is 1. The van der Waals surface area contributed by atoms with E-state index in [-0.39, 0.29) is 11.7 Å². The molecule has 2 N–H and O–H groups in total. The second kappa shape index (κ2) is 7.07. The Balaban J connectivity index is 1.99. The molecule has 21 heavy (non-hydrogen) atoms. The van der Waals surface area contributed by atoms with Crippen molar-refractivity contribution in [1.29, 1.82) is 0 Å². The molecule has 0 unspecified atom stereocenters. The molecule has 5 nitrogen and oxygen atoms in total. The second-order valence-corrected chi connectivity index (χ2v) is 5.30. The van der Waals surface area contributed by atoms with Gasteiger partial charge in [0.1, 0.15) is 11.5 Å². The van der Waals surface area contributed by atoms with E-state index in [1.807, 2.05) is 22.6 Å². The lowest BCUT2D eigenvalue weighted by molar-refractivity contribution is 0.0955. The van der Waals surface area contributed by atoms with Gasteiger partial charge in [-0.2, -0.15) is 5.10 Å². The summed E-state index contributed by atoms with van der Waals surface area (Å²) in [7, 11) is 1.57. The molecule has 2 aromatic rings. The number of amides is 1. The SMILES string of the molecule is COc1ccc(C(=O)N/N=C\c2ccc(O)c(I)c2)cc1. The van der Waals surface area contributed by atoms with Crippen LogP contribution in [0, 0.1) is 3.57 Å². The van der Waals surface area contributed by atoms with Gasteiger partial charge in [-0.1, -0.05) is 0 Å². The molecule has 0 aliphatic carbocycles. The molecule has 0 aromatic heterocycles. The summed E-state index contributed by atoms with van der Waals surface area (Å²) in [5.41, 5.74) is 3.72. The van der Waals surface area contributed by atoms with Crippen molar-refractivity contribution in [1.82, 2.24) is 5.43 Å². The normalized spacial score (nSPS) is 10.6. The number of nitrogens with one attached hydrogen (secondary N) is 1. The minimum Gasteiger partial charge on any atom is -0.507 e. The van der Waals surface area contributed by atoms with E-state index in [1.165, 1.54) is 6.21 Å². The minimum absolute atomic E-state index is 0.218. The van der Waals surface area contributed by atoms with Crippen molar-refractivity contribution in [3.63, 3.8) is 0 Å². The van der Waals surface area contributed by atoms with E-state index in [0.717, 1.165) is 9.13 Å². The molecule has 0 atom stereocenters. The molecule has 0 radical (unpaired) electrons. The quantitative estimate of drug-likeness (QED) is 0.475. The van der Waals surface area contributed by atoms with Gasteiger partial charge in [-0.3, -0.25) is 4.79 Å². The fraction of sp³-hybridized carbons (Fsp3) is 0.0667. The molecule has 0 bridgehead atoms. The van der Waals surface area contributed by atoms with Crippen molar-refractivity contribution in [2.45, 2.75) is 0 Å². The summed E-state index contributed by atoms with van der Waals surface area (Å²) in [4.78, 5) is 11.8. The van der Waals surface area contributed by atoms with Gasteiger partial charge in [-0.05, 0) is 70.6 Å². The second-order valence-electron chi connectivity index (χ2n) is 4.14. The monoisotopic (exact) mass is 396 g/mol. The van der Waals surface area contributed by atoms with Crippen molar-refractivity contribution in [3.8, 4) is 11.5 Å². The standard InChI is InChI=1S/C15H13IN2O3/c1-21-12-5-3-11(4-6-12)15(20)18-17-9-10-2-7-14(19)13(16)8-10/h2-9,19H,1H3,(H,18,20)/b17-9-. The molecule has 0 spiro atoms. The average Bonchev–Trinajstić information content (AvgIpc) is 2.51. The molecule has 0 saturated heterocycles.